The van der Waals surface area contributed by atoms with Gasteiger partial charge in [0.05, 0.1) is 9.79 Å². The second kappa shape index (κ2) is 7.04. The molecular weight excluding hydrogens is 346 g/mol. The van der Waals surface area contributed by atoms with Crippen molar-refractivity contribution >= 4 is 19.9 Å². The van der Waals surface area contributed by atoms with E-state index in [-0.39, 0.29) is 16.2 Å². The van der Waals surface area contributed by atoms with Crippen LogP contribution in [0.25, 0.3) is 0 Å². The van der Waals surface area contributed by atoms with E-state index in [9.17, 15) is 16.8 Å². The van der Waals surface area contributed by atoms with Gasteiger partial charge in [0.1, 0.15) is 5.37 Å². The smallest absolute Gasteiger partial charge is 0.222 e. The van der Waals surface area contributed by atoms with Gasteiger partial charge in [-0.2, -0.15) is 4.72 Å². The number of hydrogen-bond acceptors (Lipinski definition) is 4. The molecule has 24 heavy (non-hydrogen) atoms. The SMILES string of the molecule is CCC(NS(=O)(=O)c1ccc(C)cc1)S(=O)(=O)c1ccc(C)cc1. The molecule has 2 rings (SSSR count). The summed E-state index contributed by atoms with van der Waals surface area (Å²) in [5.74, 6) is 0. The van der Waals surface area contributed by atoms with Crippen LogP contribution in [-0.4, -0.2) is 22.2 Å². The molecule has 0 saturated heterocycles. The zero-order valence-corrected chi connectivity index (χ0v) is 15.5. The Morgan fingerprint density at radius 1 is 0.792 bits per heavy atom. The molecule has 1 atom stereocenters. The van der Waals surface area contributed by atoms with Gasteiger partial charge in [-0.1, -0.05) is 42.3 Å². The van der Waals surface area contributed by atoms with Gasteiger partial charge in [-0.3, -0.25) is 0 Å². The molecule has 0 saturated carbocycles. The van der Waals surface area contributed by atoms with E-state index in [4.69, 9.17) is 0 Å². The summed E-state index contributed by atoms with van der Waals surface area (Å²) in [5, 5.41) is -1.22. The van der Waals surface area contributed by atoms with Gasteiger partial charge in [-0.25, -0.2) is 16.8 Å². The van der Waals surface area contributed by atoms with Crippen LogP contribution in [0.2, 0.25) is 0 Å². The molecule has 7 heteroatoms. The zero-order chi connectivity index (χ0) is 18.0. The fraction of sp³-hybridized carbons (Fsp3) is 0.294. The van der Waals surface area contributed by atoms with Crippen LogP contribution in [0.15, 0.2) is 58.3 Å². The quantitative estimate of drug-likeness (QED) is 0.851. The number of aryl methyl sites for hydroxylation is 2. The highest BCUT2D eigenvalue weighted by Crippen LogP contribution is 2.20. The molecule has 0 bridgehead atoms. The minimum absolute atomic E-state index is 0.0469. The van der Waals surface area contributed by atoms with Crippen molar-refractivity contribution in [3.63, 3.8) is 0 Å². The lowest BCUT2D eigenvalue weighted by Gasteiger charge is -2.18. The topological polar surface area (TPSA) is 80.3 Å². The lowest BCUT2D eigenvalue weighted by Crippen LogP contribution is -2.40. The predicted octanol–water partition coefficient (Wildman–Crippen LogP) is 2.79. The molecule has 0 aliphatic carbocycles. The molecule has 0 aliphatic rings. The first-order valence-electron chi connectivity index (χ1n) is 7.56. The molecule has 0 spiro atoms. The average Bonchev–Trinajstić information content (AvgIpc) is 2.53. The molecule has 1 unspecified atom stereocenters. The number of sulfonamides is 1. The van der Waals surface area contributed by atoms with Crippen LogP contribution in [0.5, 0.6) is 0 Å². The fourth-order valence-electron chi connectivity index (χ4n) is 2.22. The lowest BCUT2D eigenvalue weighted by molar-refractivity contribution is 0.549. The van der Waals surface area contributed by atoms with Crippen molar-refractivity contribution in [2.45, 2.75) is 42.4 Å². The first kappa shape index (κ1) is 18.6. The number of nitrogens with one attached hydrogen (secondary N) is 1. The number of rotatable bonds is 6. The van der Waals surface area contributed by atoms with Crippen molar-refractivity contribution in [1.82, 2.24) is 4.72 Å². The Labute approximate surface area is 143 Å². The number of benzene rings is 2. The molecule has 1 N–H and O–H groups in total. The Morgan fingerprint density at radius 3 is 1.62 bits per heavy atom. The van der Waals surface area contributed by atoms with Crippen LogP contribution in [0.3, 0.4) is 0 Å². The van der Waals surface area contributed by atoms with Crippen molar-refractivity contribution in [3.05, 3.63) is 59.7 Å². The molecule has 0 heterocycles. The summed E-state index contributed by atoms with van der Waals surface area (Å²) in [6.07, 6.45) is 0.126. The van der Waals surface area contributed by atoms with Gasteiger partial charge in [0.15, 0.2) is 9.84 Å². The molecule has 0 aromatic heterocycles. The van der Waals surface area contributed by atoms with Crippen molar-refractivity contribution in [2.75, 3.05) is 0 Å². The van der Waals surface area contributed by atoms with E-state index in [1.807, 2.05) is 13.8 Å². The Kier molecular flexibility index (Phi) is 5.47. The Hall–Kier alpha value is -1.70. The molecule has 0 fully saturated rings. The van der Waals surface area contributed by atoms with Crippen LogP contribution in [-0.2, 0) is 19.9 Å². The van der Waals surface area contributed by atoms with E-state index in [2.05, 4.69) is 4.72 Å². The molecule has 5 nitrogen and oxygen atoms in total. The highest BCUT2D eigenvalue weighted by Gasteiger charge is 2.30. The van der Waals surface area contributed by atoms with Crippen molar-refractivity contribution in [3.8, 4) is 0 Å². The number of hydrogen-bond donors (Lipinski definition) is 1. The standard InChI is InChI=1S/C17H21NO4S2/c1-4-17(23(19,20)15-9-5-13(2)6-10-15)18-24(21,22)16-11-7-14(3)8-12-16/h5-12,17-18H,4H2,1-3H3. The third-order valence-corrected chi connectivity index (χ3v) is 7.48. The van der Waals surface area contributed by atoms with E-state index in [0.29, 0.717) is 0 Å². The van der Waals surface area contributed by atoms with Crippen LogP contribution in [0.4, 0.5) is 0 Å². The maximum atomic E-state index is 12.7. The van der Waals surface area contributed by atoms with Gasteiger partial charge in [0.25, 0.3) is 0 Å². The molecular formula is C17H21NO4S2. The molecule has 2 aromatic rings. The molecule has 0 radical (unpaired) electrons. The average molecular weight is 367 g/mol. The highest BCUT2D eigenvalue weighted by molar-refractivity contribution is 7.94. The highest BCUT2D eigenvalue weighted by atomic mass is 32.2. The molecule has 0 amide bonds. The minimum Gasteiger partial charge on any atom is -0.222 e. The third-order valence-electron chi connectivity index (χ3n) is 3.71. The van der Waals surface area contributed by atoms with Crippen molar-refractivity contribution in [1.29, 1.82) is 0 Å². The monoisotopic (exact) mass is 367 g/mol. The van der Waals surface area contributed by atoms with E-state index < -0.39 is 25.2 Å². The van der Waals surface area contributed by atoms with Crippen LogP contribution >= 0.6 is 0 Å². The second-order valence-corrected chi connectivity index (χ2v) is 9.53. The van der Waals surface area contributed by atoms with Gasteiger partial charge < -0.3 is 0 Å². The van der Waals surface area contributed by atoms with Crippen molar-refractivity contribution in [2.24, 2.45) is 0 Å². The summed E-state index contributed by atoms with van der Waals surface area (Å²) in [5.41, 5.74) is 1.86. The Morgan fingerprint density at radius 2 is 1.21 bits per heavy atom. The summed E-state index contributed by atoms with van der Waals surface area (Å²) in [7, 11) is -7.72. The van der Waals surface area contributed by atoms with E-state index >= 15 is 0 Å². The first-order valence-corrected chi connectivity index (χ1v) is 10.6. The van der Waals surface area contributed by atoms with Crippen LogP contribution in [0, 0.1) is 13.8 Å². The summed E-state index contributed by atoms with van der Waals surface area (Å²) in [6, 6.07) is 12.6. The van der Waals surface area contributed by atoms with Gasteiger partial charge in [0, 0.05) is 0 Å². The maximum Gasteiger partial charge on any atom is 0.241 e. The third kappa shape index (κ3) is 4.03. The summed E-state index contributed by atoms with van der Waals surface area (Å²) >= 11 is 0. The number of sulfone groups is 1. The summed E-state index contributed by atoms with van der Waals surface area (Å²) in [4.78, 5) is 0.150. The normalized spacial score (nSPS) is 13.6. The Bertz CT molecular complexity index is 900. The van der Waals surface area contributed by atoms with Crippen LogP contribution < -0.4 is 4.72 Å². The minimum atomic E-state index is -3.92. The van der Waals surface area contributed by atoms with Crippen molar-refractivity contribution < 1.29 is 16.8 Å². The predicted molar refractivity (Wildman–Crippen MR) is 93.9 cm³/mol. The summed E-state index contributed by atoms with van der Waals surface area (Å²) < 4.78 is 52.7. The Balaban J connectivity index is 2.34. The largest absolute Gasteiger partial charge is 0.241 e. The lowest BCUT2D eigenvalue weighted by atomic mass is 10.2. The van der Waals surface area contributed by atoms with Gasteiger partial charge >= 0.3 is 0 Å². The molecule has 0 aliphatic heterocycles. The van der Waals surface area contributed by atoms with E-state index in [0.717, 1.165) is 11.1 Å². The van der Waals surface area contributed by atoms with Gasteiger partial charge in [-0.15, -0.1) is 0 Å². The maximum absolute atomic E-state index is 12.7. The molecule has 130 valence electrons. The zero-order valence-electron chi connectivity index (χ0n) is 13.9. The summed E-state index contributed by atoms with van der Waals surface area (Å²) in [6.45, 7) is 5.34. The van der Waals surface area contributed by atoms with Gasteiger partial charge in [-0.05, 0) is 44.5 Å². The fourth-order valence-corrected chi connectivity index (χ4v) is 5.53. The van der Waals surface area contributed by atoms with Gasteiger partial charge in [0.2, 0.25) is 10.0 Å². The second-order valence-electron chi connectivity index (χ2n) is 5.69. The van der Waals surface area contributed by atoms with E-state index in [1.54, 1.807) is 31.2 Å². The first-order chi connectivity index (χ1) is 11.2. The van der Waals surface area contributed by atoms with Crippen LogP contribution in [0.1, 0.15) is 24.5 Å². The molecule has 2 aromatic carbocycles. The van der Waals surface area contributed by atoms with E-state index in [1.165, 1.54) is 24.3 Å².